The fraction of sp³-hybridized carbons (Fsp3) is 0.472. The number of amides is 3. The van der Waals surface area contributed by atoms with Crippen LogP contribution < -0.4 is 10.2 Å². The number of ether oxygens (including phenoxy) is 3. The molecule has 11 heteroatoms. The predicted molar refractivity (Wildman–Crippen MR) is 182 cm³/mol. The largest absolute Gasteiger partial charge is 0.443 e. The molecule has 0 saturated carbocycles. The standard InChI is InChI=1S/C36H48N4O7/c1-11-12-13-14-24-15-17-26(18-16-24)29(41)38-27-21-19-25(20-22-27)28-23-37-30(39(28)31(42)45-34(2,3)4)40(32(43)46-35(5,6)7)33(44)47-36(8,9)10/h15-23H,11-14H2,1-10H3,(H,38,41). The lowest BCUT2D eigenvalue weighted by Crippen LogP contribution is -2.45. The van der Waals surface area contributed by atoms with Crippen LogP contribution in [0.4, 0.5) is 26.0 Å². The van der Waals surface area contributed by atoms with Crippen LogP contribution in [0.2, 0.25) is 0 Å². The number of imide groups is 1. The lowest BCUT2D eigenvalue weighted by molar-refractivity contribution is 0.0423. The molecule has 0 saturated heterocycles. The Bertz CT molecular complexity index is 1530. The van der Waals surface area contributed by atoms with E-state index >= 15 is 0 Å². The molecule has 0 fully saturated rings. The van der Waals surface area contributed by atoms with Crippen LogP contribution in [-0.4, -0.2) is 50.5 Å². The smallest absolute Gasteiger partial charge is 0.427 e. The zero-order valence-electron chi connectivity index (χ0n) is 29.2. The van der Waals surface area contributed by atoms with Gasteiger partial charge in [-0.3, -0.25) is 4.79 Å². The summed E-state index contributed by atoms with van der Waals surface area (Å²) in [5.41, 5.74) is 0.114. The maximum Gasteiger partial charge on any atom is 0.427 e. The molecular weight excluding hydrogens is 600 g/mol. The van der Waals surface area contributed by atoms with Gasteiger partial charge in [0.05, 0.1) is 11.9 Å². The molecule has 2 aromatic carbocycles. The number of carbonyl (C=O) groups is 4. The van der Waals surface area contributed by atoms with Gasteiger partial charge in [-0.15, -0.1) is 4.90 Å². The number of nitrogens with one attached hydrogen (secondary N) is 1. The molecule has 0 atom stereocenters. The van der Waals surface area contributed by atoms with Gasteiger partial charge in [-0.25, -0.2) is 23.9 Å². The summed E-state index contributed by atoms with van der Waals surface area (Å²) in [4.78, 5) is 58.2. The minimum absolute atomic E-state index is 0.225. The highest BCUT2D eigenvalue weighted by molar-refractivity contribution is 6.09. The molecular formula is C36H48N4O7. The first kappa shape index (κ1) is 36.8. The summed E-state index contributed by atoms with van der Waals surface area (Å²) in [6.45, 7) is 17.1. The van der Waals surface area contributed by atoms with Gasteiger partial charge in [-0.1, -0.05) is 44.0 Å². The number of rotatable bonds is 8. The second-order valence-corrected chi connectivity index (χ2v) is 14.2. The first-order valence-corrected chi connectivity index (χ1v) is 15.9. The van der Waals surface area contributed by atoms with Crippen molar-refractivity contribution in [3.63, 3.8) is 0 Å². The number of carbonyl (C=O) groups excluding carboxylic acids is 4. The Kier molecular flexibility index (Phi) is 11.6. The summed E-state index contributed by atoms with van der Waals surface area (Å²) in [6, 6.07) is 14.3. The topological polar surface area (TPSA) is 129 Å². The molecule has 0 unspecified atom stereocenters. The Balaban J connectivity index is 1.98. The van der Waals surface area contributed by atoms with Crippen LogP contribution in [0.3, 0.4) is 0 Å². The zero-order chi connectivity index (χ0) is 35.2. The quantitative estimate of drug-likeness (QED) is 0.189. The third-order valence-corrected chi connectivity index (χ3v) is 6.40. The van der Waals surface area contributed by atoms with Gasteiger partial charge in [-0.05, 0) is 105 Å². The molecule has 3 amide bonds. The maximum absolute atomic E-state index is 13.6. The number of aryl methyl sites for hydroxylation is 1. The van der Waals surface area contributed by atoms with Crippen LogP contribution in [-0.2, 0) is 20.6 Å². The minimum Gasteiger partial charge on any atom is -0.443 e. The van der Waals surface area contributed by atoms with E-state index < -0.39 is 35.1 Å². The molecule has 47 heavy (non-hydrogen) atoms. The monoisotopic (exact) mass is 648 g/mol. The van der Waals surface area contributed by atoms with Crippen molar-refractivity contribution in [2.45, 2.75) is 112 Å². The van der Waals surface area contributed by atoms with E-state index in [9.17, 15) is 19.2 Å². The molecule has 1 heterocycles. The van der Waals surface area contributed by atoms with E-state index in [4.69, 9.17) is 14.2 Å². The molecule has 0 bridgehead atoms. The molecule has 0 aliphatic carbocycles. The highest BCUT2D eigenvalue weighted by Gasteiger charge is 2.38. The van der Waals surface area contributed by atoms with Gasteiger partial charge in [0.1, 0.15) is 16.8 Å². The molecule has 0 radical (unpaired) electrons. The third kappa shape index (κ3) is 11.0. The fourth-order valence-corrected chi connectivity index (χ4v) is 4.37. The van der Waals surface area contributed by atoms with Gasteiger partial charge in [-0.2, -0.15) is 0 Å². The molecule has 0 aliphatic heterocycles. The lowest BCUT2D eigenvalue weighted by Gasteiger charge is -2.28. The van der Waals surface area contributed by atoms with Gasteiger partial charge in [0.25, 0.3) is 5.91 Å². The summed E-state index contributed by atoms with van der Waals surface area (Å²) in [6.07, 6.45) is 2.71. The molecule has 0 spiro atoms. The molecule has 3 rings (SSSR count). The van der Waals surface area contributed by atoms with Crippen molar-refractivity contribution >= 4 is 35.8 Å². The summed E-state index contributed by atoms with van der Waals surface area (Å²) >= 11 is 0. The summed E-state index contributed by atoms with van der Waals surface area (Å²) in [5.74, 6) is -0.627. The normalized spacial score (nSPS) is 11.9. The van der Waals surface area contributed by atoms with Crippen molar-refractivity contribution in [2.75, 3.05) is 10.2 Å². The Hall–Kier alpha value is -4.67. The van der Waals surface area contributed by atoms with Crippen molar-refractivity contribution in [3.8, 4) is 11.3 Å². The zero-order valence-corrected chi connectivity index (χ0v) is 29.2. The molecule has 0 aliphatic rings. The van der Waals surface area contributed by atoms with Crippen LogP contribution in [0.1, 0.15) is 104 Å². The van der Waals surface area contributed by atoms with Crippen LogP contribution in [0.25, 0.3) is 11.3 Å². The first-order chi connectivity index (χ1) is 21.8. The van der Waals surface area contributed by atoms with Crippen molar-refractivity contribution in [1.82, 2.24) is 9.55 Å². The Morgan fingerprint density at radius 3 is 1.77 bits per heavy atom. The van der Waals surface area contributed by atoms with E-state index in [0.29, 0.717) is 21.7 Å². The summed E-state index contributed by atoms with van der Waals surface area (Å²) in [5, 5.41) is 2.89. The predicted octanol–water partition coefficient (Wildman–Crippen LogP) is 8.99. The van der Waals surface area contributed by atoms with Gasteiger partial charge in [0, 0.05) is 16.8 Å². The molecule has 1 N–H and O–H groups in total. The average molecular weight is 649 g/mol. The SMILES string of the molecule is CCCCCc1ccc(C(=O)Nc2ccc(-c3cnc(N(C(=O)OC(C)(C)C)C(=O)OC(C)(C)C)n3C(=O)OC(C)(C)C)cc2)cc1. The molecule has 3 aromatic rings. The number of hydrogen-bond acceptors (Lipinski definition) is 8. The van der Waals surface area contributed by atoms with Crippen molar-refractivity contribution in [3.05, 3.63) is 65.9 Å². The molecule has 254 valence electrons. The number of anilines is 2. The Labute approximate surface area is 277 Å². The second-order valence-electron chi connectivity index (χ2n) is 14.2. The number of aromatic nitrogens is 2. The number of imidazole rings is 1. The van der Waals surface area contributed by atoms with Gasteiger partial charge < -0.3 is 19.5 Å². The van der Waals surface area contributed by atoms with Gasteiger partial charge in [0.2, 0.25) is 5.95 Å². The van der Waals surface area contributed by atoms with Crippen LogP contribution >= 0.6 is 0 Å². The minimum atomic E-state index is -1.08. The van der Waals surface area contributed by atoms with Gasteiger partial charge >= 0.3 is 18.3 Å². The van der Waals surface area contributed by atoms with Gasteiger partial charge in [0.15, 0.2) is 0 Å². The van der Waals surface area contributed by atoms with Crippen molar-refractivity contribution in [2.24, 2.45) is 0 Å². The van der Waals surface area contributed by atoms with E-state index in [0.717, 1.165) is 23.8 Å². The Morgan fingerprint density at radius 2 is 1.28 bits per heavy atom. The number of nitrogens with zero attached hydrogens (tertiary/aromatic N) is 3. The molecule has 1 aromatic heterocycles. The summed E-state index contributed by atoms with van der Waals surface area (Å²) in [7, 11) is 0. The number of unbranched alkanes of at least 4 members (excludes halogenated alkanes) is 2. The number of benzene rings is 2. The van der Waals surface area contributed by atoms with Crippen LogP contribution in [0, 0.1) is 0 Å². The van der Waals surface area contributed by atoms with Crippen molar-refractivity contribution in [1.29, 1.82) is 0 Å². The average Bonchev–Trinajstić information content (AvgIpc) is 3.36. The third-order valence-electron chi connectivity index (χ3n) is 6.40. The first-order valence-electron chi connectivity index (χ1n) is 15.9. The van der Waals surface area contributed by atoms with Crippen LogP contribution in [0.15, 0.2) is 54.7 Å². The fourth-order valence-electron chi connectivity index (χ4n) is 4.37. The lowest BCUT2D eigenvalue weighted by atomic mass is 10.0. The highest BCUT2D eigenvalue weighted by Crippen LogP contribution is 2.30. The van der Waals surface area contributed by atoms with E-state index in [1.165, 1.54) is 18.2 Å². The Morgan fingerprint density at radius 1 is 0.745 bits per heavy atom. The van der Waals surface area contributed by atoms with E-state index in [1.807, 2.05) is 24.3 Å². The second kappa shape index (κ2) is 14.8. The van der Waals surface area contributed by atoms with Crippen LogP contribution in [0.5, 0.6) is 0 Å². The van der Waals surface area contributed by atoms with E-state index in [-0.39, 0.29) is 17.5 Å². The van der Waals surface area contributed by atoms with Crippen molar-refractivity contribution < 1.29 is 33.4 Å². The molecule has 11 nitrogen and oxygen atoms in total. The van der Waals surface area contributed by atoms with E-state index in [2.05, 4.69) is 17.2 Å². The highest BCUT2D eigenvalue weighted by atomic mass is 16.6. The summed E-state index contributed by atoms with van der Waals surface area (Å²) < 4.78 is 17.7. The van der Waals surface area contributed by atoms with E-state index in [1.54, 1.807) is 86.6 Å². The number of hydrogen-bond donors (Lipinski definition) is 1. The maximum atomic E-state index is 13.6.